The van der Waals surface area contributed by atoms with Crippen molar-refractivity contribution in [3.8, 4) is 0 Å². The molecule has 0 heterocycles. The lowest BCUT2D eigenvalue weighted by atomic mass is 9.91. The van der Waals surface area contributed by atoms with Crippen molar-refractivity contribution in [2.24, 2.45) is 11.7 Å². The largest absolute Gasteiger partial charge is 0.444 e. The number of hydrogen-bond donors (Lipinski definition) is 2. The van der Waals surface area contributed by atoms with E-state index >= 15 is 0 Å². The van der Waals surface area contributed by atoms with Crippen LogP contribution in [0, 0.1) is 5.92 Å². The van der Waals surface area contributed by atoms with Gasteiger partial charge in [0.05, 0.1) is 0 Å². The van der Waals surface area contributed by atoms with Crippen LogP contribution < -0.4 is 11.1 Å². The standard InChI is InChI=1S/C14H26N2O3/c1-14(2,3)19-13(18)16-11(12(15)17)10-8-6-4-5-7-9-10/h10-11H,4-9H2,1-3H3,(H2,15,17)(H,16,18). The van der Waals surface area contributed by atoms with Gasteiger partial charge in [0.1, 0.15) is 11.6 Å². The fourth-order valence-corrected chi connectivity index (χ4v) is 2.50. The van der Waals surface area contributed by atoms with Crippen LogP contribution in [-0.2, 0) is 9.53 Å². The molecule has 1 saturated carbocycles. The van der Waals surface area contributed by atoms with E-state index in [1.54, 1.807) is 20.8 Å². The Labute approximate surface area is 115 Å². The summed E-state index contributed by atoms with van der Waals surface area (Å²) in [6.07, 6.45) is 5.85. The molecule has 0 saturated heterocycles. The van der Waals surface area contributed by atoms with Crippen molar-refractivity contribution in [1.82, 2.24) is 5.32 Å². The average Bonchev–Trinajstić information content (AvgIpc) is 2.51. The van der Waals surface area contributed by atoms with Gasteiger partial charge in [-0.3, -0.25) is 4.79 Å². The molecule has 0 aromatic rings. The van der Waals surface area contributed by atoms with E-state index in [-0.39, 0.29) is 5.92 Å². The minimum absolute atomic E-state index is 0.132. The van der Waals surface area contributed by atoms with Crippen LogP contribution in [0.5, 0.6) is 0 Å². The minimum atomic E-state index is -0.618. The van der Waals surface area contributed by atoms with Gasteiger partial charge in [-0.05, 0) is 39.5 Å². The van der Waals surface area contributed by atoms with Crippen molar-refractivity contribution in [1.29, 1.82) is 0 Å². The summed E-state index contributed by atoms with van der Waals surface area (Å²) in [4.78, 5) is 23.3. The number of nitrogens with two attached hydrogens (primary N) is 1. The number of carbonyl (C=O) groups excluding carboxylic acids is 2. The fourth-order valence-electron chi connectivity index (χ4n) is 2.50. The molecule has 0 aromatic heterocycles. The number of carbonyl (C=O) groups is 2. The van der Waals surface area contributed by atoms with Gasteiger partial charge in [0.2, 0.25) is 5.91 Å². The minimum Gasteiger partial charge on any atom is -0.444 e. The lowest BCUT2D eigenvalue weighted by Gasteiger charge is -2.26. The lowest BCUT2D eigenvalue weighted by molar-refractivity contribution is -0.121. The number of primary amides is 1. The van der Waals surface area contributed by atoms with E-state index in [1.807, 2.05) is 0 Å². The maximum atomic E-state index is 11.8. The summed E-state index contributed by atoms with van der Waals surface area (Å²) in [7, 11) is 0. The smallest absolute Gasteiger partial charge is 0.408 e. The molecule has 5 nitrogen and oxygen atoms in total. The molecule has 2 amide bonds. The first kappa shape index (κ1) is 15.8. The molecule has 19 heavy (non-hydrogen) atoms. The van der Waals surface area contributed by atoms with Gasteiger partial charge in [-0.15, -0.1) is 0 Å². The van der Waals surface area contributed by atoms with Crippen LogP contribution in [0.3, 0.4) is 0 Å². The molecule has 0 radical (unpaired) electrons. The van der Waals surface area contributed by atoms with Gasteiger partial charge < -0.3 is 15.8 Å². The second-order valence-corrected chi connectivity index (χ2v) is 6.28. The van der Waals surface area contributed by atoms with Gasteiger partial charge in [-0.1, -0.05) is 25.7 Å². The molecule has 3 N–H and O–H groups in total. The Morgan fingerprint density at radius 1 is 1.16 bits per heavy atom. The van der Waals surface area contributed by atoms with Crippen molar-refractivity contribution in [2.45, 2.75) is 70.9 Å². The van der Waals surface area contributed by atoms with Crippen LogP contribution >= 0.6 is 0 Å². The Bertz CT molecular complexity index is 315. The maximum Gasteiger partial charge on any atom is 0.408 e. The van der Waals surface area contributed by atoms with Crippen LogP contribution in [0.25, 0.3) is 0 Å². The molecule has 0 aromatic carbocycles. The predicted molar refractivity (Wildman–Crippen MR) is 73.5 cm³/mol. The molecule has 110 valence electrons. The van der Waals surface area contributed by atoms with E-state index in [0.717, 1.165) is 25.7 Å². The van der Waals surface area contributed by atoms with E-state index in [1.165, 1.54) is 12.8 Å². The topological polar surface area (TPSA) is 81.4 Å². The average molecular weight is 270 g/mol. The summed E-state index contributed by atoms with van der Waals surface area (Å²) in [6, 6.07) is -0.618. The van der Waals surface area contributed by atoms with E-state index in [2.05, 4.69) is 5.32 Å². The highest BCUT2D eigenvalue weighted by Crippen LogP contribution is 2.25. The zero-order valence-electron chi connectivity index (χ0n) is 12.2. The van der Waals surface area contributed by atoms with E-state index < -0.39 is 23.6 Å². The Balaban J connectivity index is 2.61. The molecule has 1 unspecified atom stereocenters. The van der Waals surface area contributed by atoms with Crippen LogP contribution in [0.15, 0.2) is 0 Å². The molecule has 0 aliphatic heterocycles. The van der Waals surface area contributed by atoms with E-state index in [4.69, 9.17) is 10.5 Å². The summed E-state index contributed by atoms with van der Waals surface area (Å²) in [5.74, 6) is -0.342. The van der Waals surface area contributed by atoms with Gasteiger partial charge in [-0.2, -0.15) is 0 Å². The molecule has 0 bridgehead atoms. The molecule has 1 atom stereocenters. The quantitative estimate of drug-likeness (QED) is 0.772. The molecule has 5 heteroatoms. The zero-order valence-corrected chi connectivity index (χ0v) is 12.2. The first-order valence-electron chi connectivity index (χ1n) is 7.08. The van der Waals surface area contributed by atoms with E-state index in [9.17, 15) is 9.59 Å². The summed E-state index contributed by atoms with van der Waals surface area (Å²) < 4.78 is 5.18. The maximum absolute atomic E-state index is 11.8. The SMILES string of the molecule is CC(C)(C)OC(=O)NC(C(N)=O)C1CCCCCC1. The van der Waals surface area contributed by atoms with Gasteiger partial charge in [0.25, 0.3) is 0 Å². The Morgan fingerprint density at radius 2 is 1.68 bits per heavy atom. The van der Waals surface area contributed by atoms with Gasteiger partial charge in [0.15, 0.2) is 0 Å². The zero-order chi connectivity index (χ0) is 14.5. The van der Waals surface area contributed by atoms with Crippen molar-refractivity contribution in [2.75, 3.05) is 0 Å². The van der Waals surface area contributed by atoms with Gasteiger partial charge in [0, 0.05) is 0 Å². The summed E-state index contributed by atoms with van der Waals surface area (Å²) >= 11 is 0. The molecule has 1 fully saturated rings. The predicted octanol–water partition coefficient (Wildman–Crippen LogP) is 2.34. The molecule has 1 aliphatic carbocycles. The lowest BCUT2D eigenvalue weighted by Crippen LogP contribution is -2.50. The van der Waals surface area contributed by atoms with Gasteiger partial charge in [-0.25, -0.2) is 4.79 Å². The first-order chi connectivity index (χ1) is 8.79. The molecule has 1 rings (SSSR count). The van der Waals surface area contributed by atoms with Crippen molar-refractivity contribution < 1.29 is 14.3 Å². The second-order valence-electron chi connectivity index (χ2n) is 6.28. The van der Waals surface area contributed by atoms with Crippen LogP contribution in [0.2, 0.25) is 0 Å². The van der Waals surface area contributed by atoms with Crippen molar-refractivity contribution >= 4 is 12.0 Å². The summed E-state index contributed by atoms with van der Waals surface area (Å²) in [5, 5.41) is 2.63. The number of hydrogen-bond acceptors (Lipinski definition) is 3. The number of nitrogens with one attached hydrogen (secondary N) is 1. The highest BCUT2D eigenvalue weighted by molar-refractivity contribution is 5.84. The Morgan fingerprint density at radius 3 is 2.11 bits per heavy atom. The first-order valence-corrected chi connectivity index (χ1v) is 7.08. The molecule has 0 spiro atoms. The van der Waals surface area contributed by atoms with Crippen LogP contribution in [0.1, 0.15) is 59.3 Å². The highest BCUT2D eigenvalue weighted by Gasteiger charge is 2.30. The van der Waals surface area contributed by atoms with Crippen LogP contribution in [-0.4, -0.2) is 23.6 Å². The van der Waals surface area contributed by atoms with Gasteiger partial charge >= 0.3 is 6.09 Å². The molecule has 1 aliphatic rings. The van der Waals surface area contributed by atoms with Crippen molar-refractivity contribution in [3.05, 3.63) is 0 Å². The van der Waals surface area contributed by atoms with E-state index in [0.29, 0.717) is 0 Å². The van der Waals surface area contributed by atoms with Crippen LogP contribution in [0.4, 0.5) is 4.79 Å². The summed E-state index contributed by atoms with van der Waals surface area (Å²) in [5.41, 5.74) is 4.85. The highest BCUT2D eigenvalue weighted by atomic mass is 16.6. The van der Waals surface area contributed by atoms with Crippen molar-refractivity contribution in [3.63, 3.8) is 0 Å². The summed E-state index contributed by atoms with van der Waals surface area (Å²) in [6.45, 7) is 5.37. The monoisotopic (exact) mass is 270 g/mol. The second kappa shape index (κ2) is 6.78. The number of ether oxygens (including phenoxy) is 1. The Hall–Kier alpha value is -1.26. The fraction of sp³-hybridized carbons (Fsp3) is 0.857. The number of rotatable bonds is 3. The molecular formula is C14H26N2O3. The number of amides is 2. The normalized spacial score (nSPS) is 19.3. The third-order valence-electron chi connectivity index (χ3n) is 3.35. The third kappa shape index (κ3) is 5.94. The number of alkyl carbamates (subject to hydrolysis) is 1. The molecular weight excluding hydrogens is 244 g/mol. The third-order valence-corrected chi connectivity index (χ3v) is 3.35. The Kier molecular flexibility index (Phi) is 5.63.